The molecule has 6 aliphatic rings. The Bertz CT molecular complexity index is 2570. The van der Waals surface area contributed by atoms with Crippen LogP contribution in [0.3, 0.4) is 0 Å². The van der Waals surface area contributed by atoms with Crippen molar-refractivity contribution < 1.29 is 38.1 Å². The number of benzene rings is 2. The van der Waals surface area contributed by atoms with Gasteiger partial charge in [0.05, 0.1) is 74.5 Å². The first-order valence-corrected chi connectivity index (χ1v) is 25.7. The van der Waals surface area contributed by atoms with Crippen molar-refractivity contribution in [1.29, 1.82) is 0 Å². The van der Waals surface area contributed by atoms with Crippen molar-refractivity contribution in [2.45, 2.75) is 159 Å². The number of carbonyl (C=O) groups is 4. The minimum atomic E-state index is -0.757. The quantitative estimate of drug-likeness (QED) is 0.129. The Morgan fingerprint density at radius 2 is 1.17 bits per heavy atom. The average Bonchev–Trinajstić information content (AvgIpc) is 4.24. The van der Waals surface area contributed by atoms with Crippen LogP contribution in [0.4, 0.5) is 9.59 Å². The van der Waals surface area contributed by atoms with Crippen molar-refractivity contribution in [2.75, 3.05) is 14.2 Å². The van der Waals surface area contributed by atoms with Crippen LogP contribution in [0, 0.1) is 23.7 Å². The van der Waals surface area contributed by atoms with Gasteiger partial charge in [0.2, 0.25) is 5.91 Å². The van der Waals surface area contributed by atoms with Crippen LogP contribution in [0.25, 0.3) is 33.6 Å². The van der Waals surface area contributed by atoms with Crippen molar-refractivity contribution in [1.82, 2.24) is 35.1 Å². The van der Waals surface area contributed by atoms with Gasteiger partial charge in [-0.25, -0.2) is 19.6 Å². The van der Waals surface area contributed by atoms with E-state index >= 15 is 0 Å². The third-order valence-electron chi connectivity index (χ3n) is 16.6. The number of likely N-dealkylation sites (tertiary alicyclic amines) is 2. The topological polar surface area (TPSA) is 193 Å². The summed E-state index contributed by atoms with van der Waals surface area (Å²) in [7, 11) is 2.64. The number of imidazole rings is 2. The number of alkyl carbamates (subject to hydrolysis) is 1. The highest BCUT2D eigenvalue weighted by atomic mass is 16.5. The van der Waals surface area contributed by atoms with E-state index in [9.17, 15) is 19.2 Å². The van der Waals surface area contributed by atoms with Gasteiger partial charge in [-0.15, -0.1) is 0 Å². The molecule has 0 spiro atoms. The Labute approximate surface area is 410 Å². The highest BCUT2D eigenvalue weighted by Gasteiger charge is 2.50. The smallest absolute Gasteiger partial charge is 0.433 e. The Morgan fingerprint density at radius 3 is 1.74 bits per heavy atom. The number of aromatic nitrogens is 4. The molecule has 2 aromatic heterocycles. The van der Waals surface area contributed by atoms with Gasteiger partial charge in [0, 0.05) is 18.0 Å². The number of H-pyrrole nitrogens is 2. The van der Waals surface area contributed by atoms with Crippen molar-refractivity contribution in [3.05, 3.63) is 72.6 Å². The van der Waals surface area contributed by atoms with Crippen LogP contribution in [0.2, 0.25) is 0 Å². The van der Waals surface area contributed by atoms with Gasteiger partial charge < -0.3 is 44.0 Å². The summed E-state index contributed by atoms with van der Waals surface area (Å²) in [6.07, 6.45) is 12.9. The summed E-state index contributed by atoms with van der Waals surface area (Å²) >= 11 is 0. The number of methoxy groups -OCH3 is 2. The second-order valence-corrected chi connectivity index (χ2v) is 20.8. The molecule has 4 aliphatic heterocycles. The van der Waals surface area contributed by atoms with E-state index in [1.54, 1.807) is 0 Å². The number of nitrogens with zero attached hydrogens (tertiary/aromatic N) is 5. The number of hydrogen-bond donors (Lipinski definition) is 3. The monoisotopic (exact) mass is 957 g/mol. The van der Waals surface area contributed by atoms with Gasteiger partial charge in [0.1, 0.15) is 23.4 Å². The molecule has 70 heavy (non-hydrogen) atoms. The maximum absolute atomic E-state index is 14.7. The fraction of sp³-hybridized carbons (Fsp3) is 0.574. The lowest BCUT2D eigenvalue weighted by Crippen LogP contribution is -2.57. The molecule has 0 radical (unpaired) electrons. The maximum atomic E-state index is 14.7. The second-order valence-electron chi connectivity index (χ2n) is 20.8. The van der Waals surface area contributed by atoms with Crippen molar-refractivity contribution in [2.24, 2.45) is 28.7 Å². The molecule has 2 saturated carbocycles. The molecule has 372 valence electrons. The molecule has 13 atom stereocenters. The number of carbonyl (C=O) groups excluding carboxylic acids is 4. The number of hydrogen-bond acceptors (Lipinski definition) is 10. The van der Waals surface area contributed by atoms with E-state index in [1.807, 2.05) is 29.1 Å². The minimum absolute atomic E-state index is 0.00330. The van der Waals surface area contributed by atoms with Gasteiger partial charge in [0.15, 0.2) is 0 Å². The SMILES string of the molecule is COC(=O)/N=C(/C(=O)N1[C@@H](C)CC[C@H]1c1ncc(-c2ccc(-c3ccc(-c4cnc([C@@H]5CC[C@H](C)N5C(=O)[C@@H](NC(=O)OC)C5C[C@@H](C)O[C@H]6CCC[C@@H]56)[nH]4)cc3)cc2)[nH]1)C1C[C@@H](C)O[C@H]2CCC[C@@H]12. The van der Waals surface area contributed by atoms with Gasteiger partial charge in [-0.2, -0.15) is 4.99 Å². The highest BCUT2D eigenvalue weighted by Crippen LogP contribution is 2.46. The van der Waals surface area contributed by atoms with E-state index in [4.69, 9.17) is 28.9 Å². The number of nitrogens with one attached hydrogen (secondary N) is 3. The second kappa shape index (κ2) is 20.1. The molecule has 6 fully saturated rings. The normalized spacial score (nSPS) is 31.3. The number of ether oxygens (including phenoxy) is 4. The molecule has 10 rings (SSSR count). The molecular weight excluding hydrogens is 889 g/mol. The van der Waals surface area contributed by atoms with Crippen molar-refractivity contribution in [3.8, 4) is 33.6 Å². The molecule has 3 N–H and O–H groups in total. The number of rotatable bonds is 10. The lowest BCUT2D eigenvalue weighted by molar-refractivity contribution is -0.144. The van der Waals surface area contributed by atoms with Gasteiger partial charge in [0.25, 0.3) is 5.91 Å². The fourth-order valence-electron chi connectivity index (χ4n) is 13.2. The molecule has 2 aromatic carbocycles. The zero-order valence-corrected chi connectivity index (χ0v) is 41.3. The first kappa shape index (κ1) is 47.8. The average molecular weight is 957 g/mol. The zero-order valence-electron chi connectivity index (χ0n) is 41.3. The molecular formula is C54H68N8O8. The highest BCUT2D eigenvalue weighted by molar-refractivity contribution is 6.41. The van der Waals surface area contributed by atoms with Crippen LogP contribution in [0.5, 0.6) is 0 Å². The summed E-state index contributed by atoms with van der Waals surface area (Å²) < 4.78 is 22.6. The van der Waals surface area contributed by atoms with Crippen LogP contribution in [-0.2, 0) is 28.5 Å². The van der Waals surface area contributed by atoms with E-state index < -0.39 is 18.2 Å². The summed E-state index contributed by atoms with van der Waals surface area (Å²) in [6.45, 7) is 8.22. The predicted molar refractivity (Wildman–Crippen MR) is 262 cm³/mol. The summed E-state index contributed by atoms with van der Waals surface area (Å²) in [4.78, 5) is 79.6. The first-order valence-electron chi connectivity index (χ1n) is 25.7. The molecule has 4 aromatic rings. The van der Waals surface area contributed by atoms with Crippen LogP contribution in [0.1, 0.15) is 128 Å². The third kappa shape index (κ3) is 9.28. The molecule has 16 nitrogen and oxygen atoms in total. The van der Waals surface area contributed by atoms with Crippen LogP contribution < -0.4 is 5.32 Å². The summed E-state index contributed by atoms with van der Waals surface area (Å²) in [5, 5.41) is 2.97. The summed E-state index contributed by atoms with van der Waals surface area (Å²) in [6, 6.07) is 15.3. The predicted octanol–water partition coefficient (Wildman–Crippen LogP) is 9.36. The standard InChI is InChI=1S/C54H68N8O8/c1-29-13-23-43(61(29)51(63)47(59-53(65)67-5)39-25-31(3)69-45-11-7-9-37(39)45)49-55-27-41(57-49)35-19-15-33(16-20-35)34-17-21-36(22-18-34)42-28-56-50(58-42)44-24-14-30(2)62(44)52(64)48(60-54(66)68-6)40-26-32(4)70-46-12-8-10-38(40)46/h15-22,27-32,37-40,43-47H,7-14,23-26H2,1-6H3,(H,55,57)(H,56,58)(H,59,65)/b60-48+/t29-,30-,31+,32+,37-,38-,39?,40?,43-,44-,45-,46-,47-/m0/s1. The van der Waals surface area contributed by atoms with Crippen molar-refractivity contribution in [3.63, 3.8) is 0 Å². The van der Waals surface area contributed by atoms with Crippen LogP contribution in [-0.4, -0.2) is 116 Å². The molecule has 2 aliphatic carbocycles. The summed E-state index contributed by atoms with van der Waals surface area (Å²) in [5.41, 5.74) is 6.04. The number of amides is 4. The minimum Gasteiger partial charge on any atom is -0.453 e. The molecule has 4 saturated heterocycles. The van der Waals surface area contributed by atoms with E-state index in [1.165, 1.54) is 14.2 Å². The van der Waals surface area contributed by atoms with Gasteiger partial charge in [-0.3, -0.25) is 9.59 Å². The fourth-order valence-corrected chi connectivity index (χ4v) is 13.2. The maximum Gasteiger partial charge on any atom is 0.433 e. The molecule has 16 heteroatoms. The molecule has 0 bridgehead atoms. The third-order valence-corrected chi connectivity index (χ3v) is 16.6. The number of fused-ring (bicyclic) bond motifs is 2. The lowest BCUT2D eigenvalue weighted by Gasteiger charge is -2.43. The van der Waals surface area contributed by atoms with Gasteiger partial charge in [-0.05, 0) is 132 Å². The van der Waals surface area contributed by atoms with E-state index in [-0.39, 0.29) is 89.8 Å². The Balaban J connectivity index is 0.817. The molecule has 2 unspecified atom stereocenters. The van der Waals surface area contributed by atoms with E-state index in [0.29, 0.717) is 18.7 Å². The number of aliphatic imine (C=N–C) groups is 1. The van der Waals surface area contributed by atoms with Gasteiger partial charge >= 0.3 is 12.2 Å². The van der Waals surface area contributed by atoms with Crippen LogP contribution >= 0.6 is 0 Å². The van der Waals surface area contributed by atoms with Crippen LogP contribution in [0.15, 0.2) is 65.9 Å². The Hall–Kier alpha value is -5.87. The van der Waals surface area contributed by atoms with Gasteiger partial charge in [-0.1, -0.05) is 61.4 Å². The zero-order chi connectivity index (χ0) is 48.8. The van der Waals surface area contributed by atoms with Crippen molar-refractivity contribution >= 4 is 29.7 Å². The Kier molecular flexibility index (Phi) is 13.7. The molecule has 6 heterocycles. The van der Waals surface area contributed by atoms with E-state index in [2.05, 4.69) is 89.6 Å². The van der Waals surface area contributed by atoms with E-state index in [0.717, 1.165) is 104 Å². The largest absolute Gasteiger partial charge is 0.453 e. The molecule has 4 amide bonds. The lowest BCUT2D eigenvalue weighted by atomic mass is 9.77. The Morgan fingerprint density at radius 1 is 0.657 bits per heavy atom. The summed E-state index contributed by atoms with van der Waals surface area (Å²) in [5.74, 6) is 1.25. The number of aromatic amines is 2. The first-order chi connectivity index (χ1) is 33.9.